The number of anilines is 3. The summed E-state index contributed by atoms with van der Waals surface area (Å²) in [4.78, 5) is 30.9. The first-order valence-corrected chi connectivity index (χ1v) is 15.3. The molecular weight excluding hydrogens is 592 g/mol. The average molecular weight is 628 g/mol. The number of rotatable bonds is 13. The van der Waals surface area contributed by atoms with Gasteiger partial charge in [-0.25, -0.2) is 23.7 Å². The zero-order chi connectivity index (χ0) is 31.8. The molecule has 46 heavy (non-hydrogen) atoms. The van der Waals surface area contributed by atoms with Crippen molar-refractivity contribution in [2.24, 2.45) is 0 Å². The first-order valence-electron chi connectivity index (χ1n) is 15.3. The molecule has 3 aromatic heterocycles. The van der Waals surface area contributed by atoms with Gasteiger partial charge in [0.15, 0.2) is 5.88 Å². The molecule has 0 aliphatic carbocycles. The topological polar surface area (TPSA) is 117 Å². The van der Waals surface area contributed by atoms with E-state index in [1.807, 2.05) is 54.6 Å². The van der Waals surface area contributed by atoms with Gasteiger partial charge in [0.2, 0.25) is 5.91 Å². The number of nitrogens with zero attached hydrogens (tertiary/aromatic N) is 4. The predicted octanol–water partition coefficient (Wildman–Crippen LogP) is 6.46. The molecule has 0 spiro atoms. The normalized spacial score (nSPS) is 14.2. The van der Waals surface area contributed by atoms with Crippen LogP contribution in [0.1, 0.15) is 24.8 Å². The number of morpholine rings is 1. The Labute approximate surface area is 264 Å². The molecule has 2 aromatic carbocycles. The van der Waals surface area contributed by atoms with E-state index in [4.69, 9.17) is 9.47 Å². The highest BCUT2D eigenvalue weighted by atomic mass is 19.3. The number of unbranched alkanes of at least 4 members (excludes halogenated alkanes) is 1. The summed E-state index contributed by atoms with van der Waals surface area (Å²) in [6.07, 6.45) is 5.13. The number of carbonyl (C=O) groups is 1. The van der Waals surface area contributed by atoms with Crippen LogP contribution in [0, 0.1) is 0 Å². The van der Waals surface area contributed by atoms with E-state index in [9.17, 15) is 13.6 Å². The molecule has 0 saturated carbocycles. The number of alkyl halides is 2. The zero-order valence-corrected chi connectivity index (χ0v) is 25.2. The highest BCUT2D eigenvalue weighted by molar-refractivity contribution is 6.01. The fourth-order valence-electron chi connectivity index (χ4n) is 5.23. The lowest BCUT2D eigenvalue weighted by atomic mass is 10.1. The van der Waals surface area contributed by atoms with E-state index in [1.54, 1.807) is 6.07 Å². The minimum atomic E-state index is -3.08. The van der Waals surface area contributed by atoms with Gasteiger partial charge in [0.05, 0.1) is 24.9 Å². The Morgan fingerprint density at radius 1 is 1.04 bits per heavy atom. The van der Waals surface area contributed by atoms with Gasteiger partial charge in [-0.05, 0) is 55.3 Å². The van der Waals surface area contributed by atoms with Crippen molar-refractivity contribution < 1.29 is 23.0 Å². The number of pyridine rings is 1. The maximum absolute atomic E-state index is 14.4. The number of amides is 1. The molecule has 6 rings (SSSR count). The summed E-state index contributed by atoms with van der Waals surface area (Å²) in [6.45, 7) is 4.25. The summed E-state index contributed by atoms with van der Waals surface area (Å²) in [5.41, 5.74) is 3.32. The number of halogens is 2. The average Bonchev–Trinajstić information content (AvgIpc) is 3.48. The largest absolute Gasteiger partial charge is 0.474 e. The zero-order valence-electron chi connectivity index (χ0n) is 25.2. The number of H-pyrrole nitrogens is 1. The third-order valence-corrected chi connectivity index (χ3v) is 7.69. The lowest BCUT2D eigenvalue weighted by Crippen LogP contribution is -2.36. The van der Waals surface area contributed by atoms with Crippen LogP contribution in [0.5, 0.6) is 5.88 Å². The molecule has 1 saturated heterocycles. The molecule has 0 radical (unpaired) electrons. The molecule has 1 aliphatic rings. The minimum Gasteiger partial charge on any atom is -0.474 e. The van der Waals surface area contributed by atoms with E-state index in [-0.39, 0.29) is 12.2 Å². The van der Waals surface area contributed by atoms with Gasteiger partial charge in [0.1, 0.15) is 24.6 Å². The first kappa shape index (κ1) is 31.1. The van der Waals surface area contributed by atoms with Gasteiger partial charge in [-0.15, -0.1) is 0 Å². The maximum Gasteiger partial charge on any atom is 0.266 e. The summed E-state index contributed by atoms with van der Waals surface area (Å²) in [6, 6.07) is 19.3. The van der Waals surface area contributed by atoms with Crippen molar-refractivity contribution in [1.82, 2.24) is 24.8 Å². The second-order valence-corrected chi connectivity index (χ2v) is 11.1. The van der Waals surface area contributed by atoms with Crippen LogP contribution in [0.4, 0.5) is 26.1 Å². The number of hydrogen-bond donors (Lipinski definition) is 3. The van der Waals surface area contributed by atoms with Gasteiger partial charge in [0, 0.05) is 53.6 Å². The Kier molecular flexibility index (Phi) is 9.75. The molecule has 238 valence electrons. The number of allylic oxidation sites excluding steroid dienone is 1. The SMILES string of the molecule is O=C(/C=C/C(F)(F)CCCCN1CCOCC1)Nc1cc2c(Nc3ccc4[nH]c(OCc5ccccc5)cc4c3)ncnc2cn1. The third-order valence-electron chi connectivity index (χ3n) is 7.69. The number of aromatic amines is 1. The van der Waals surface area contributed by atoms with E-state index in [1.165, 1.54) is 12.5 Å². The van der Waals surface area contributed by atoms with Crippen molar-refractivity contribution in [2.75, 3.05) is 43.5 Å². The van der Waals surface area contributed by atoms with Crippen molar-refractivity contribution in [2.45, 2.75) is 31.8 Å². The van der Waals surface area contributed by atoms with Crippen LogP contribution >= 0.6 is 0 Å². The van der Waals surface area contributed by atoms with Crippen LogP contribution in [-0.4, -0.2) is 69.5 Å². The van der Waals surface area contributed by atoms with Crippen molar-refractivity contribution in [3.05, 3.63) is 90.9 Å². The van der Waals surface area contributed by atoms with E-state index >= 15 is 0 Å². The Balaban J connectivity index is 1.06. The quantitative estimate of drug-likeness (QED) is 0.101. The fraction of sp³-hybridized carbons (Fsp3) is 0.294. The molecule has 1 amide bonds. The van der Waals surface area contributed by atoms with Crippen LogP contribution in [0.25, 0.3) is 21.8 Å². The Bertz CT molecular complexity index is 1810. The molecule has 3 N–H and O–H groups in total. The highest BCUT2D eigenvalue weighted by Crippen LogP contribution is 2.29. The number of aromatic nitrogens is 4. The van der Waals surface area contributed by atoms with Crippen molar-refractivity contribution in [1.29, 1.82) is 0 Å². The van der Waals surface area contributed by atoms with Gasteiger partial charge < -0.3 is 25.1 Å². The third kappa shape index (κ3) is 8.40. The van der Waals surface area contributed by atoms with Crippen molar-refractivity contribution in [3.8, 4) is 5.88 Å². The van der Waals surface area contributed by atoms with Crippen molar-refractivity contribution in [3.63, 3.8) is 0 Å². The van der Waals surface area contributed by atoms with Gasteiger partial charge >= 0.3 is 0 Å². The van der Waals surface area contributed by atoms with E-state index in [0.29, 0.717) is 61.3 Å². The van der Waals surface area contributed by atoms with Crippen LogP contribution < -0.4 is 15.4 Å². The molecule has 5 aromatic rings. The smallest absolute Gasteiger partial charge is 0.266 e. The number of fused-ring (bicyclic) bond motifs is 2. The van der Waals surface area contributed by atoms with E-state index in [2.05, 4.69) is 35.5 Å². The Morgan fingerprint density at radius 3 is 2.74 bits per heavy atom. The second-order valence-electron chi connectivity index (χ2n) is 11.1. The summed E-state index contributed by atoms with van der Waals surface area (Å²) in [5.74, 6) is -2.44. The van der Waals surface area contributed by atoms with Gasteiger partial charge in [0.25, 0.3) is 5.92 Å². The maximum atomic E-state index is 14.4. The predicted molar refractivity (Wildman–Crippen MR) is 174 cm³/mol. The Morgan fingerprint density at radius 2 is 1.89 bits per heavy atom. The second kappa shape index (κ2) is 14.4. The first-order chi connectivity index (χ1) is 22.4. The van der Waals surface area contributed by atoms with Gasteiger partial charge in [-0.3, -0.25) is 9.69 Å². The summed E-state index contributed by atoms with van der Waals surface area (Å²) in [7, 11) is 0. The summed E-state index contributed by atoms with van der Waals surface area (Å²) >= 11 is 0. The van der Waals surface area contributed by atoms with Crippen LogP contribution in [-0.2, 0) is 16.1 Å². The molecule has 12 heteroatoms. The summed E-state index contributed by atoms with van der Waals surface area (Å²) in [5, 5.41) is 7.42. The number of benzene rings is 2. The molecule has 0 bridgehead atoms. The number of hydrogen-bond acceptors (Lipinski definition) is 8. The van der Waals surface area contributed by atoms with E-state index < -0.39 is 11.8 Å². The lowest BCUT2D eigenvalue weighted by molar-refractivity contribution is -0.112. The fourth-order valence-corrected chi connectivity index (χ4v) is 5.23. The number of nitrogens with one attached hydrogen (secondary N) is 3. The number of carbonyl (C=O) groups excluding carboxylic acids is 1. The minimum absolute atomic E-state index is 0.190. The Hall–Kier alpha value is -4.94. The summed E-state index contributed by atoms with van der Waals surface area (Å²) < 4.78 is 40.1. The van der Waals surface area contributed by atoms with Gasteiger partial charge in [-0.1, -0.05) is 30.3 Å². The molecule has 4 heterocycles. The molecule has 0 unspecified atom stereocenters. The number of ether oxygens (including phenoxy) is 2. The van der Waals surface area contributed by atoms with E-state index in [0.717, 1.165) is 47.9 Å². The van der Waals surface area contributed by atoms with Crippen LogP contribution in [0.2, 0.25) is 0 Å². The molecule has 1 fully saturated rings. The lowest BCUT2D eigenvalue weighted by Gasteiger charge is -2.26. The molecule has 0 atom stereocenters. The molecule has 10 nitrogen and oxygen atoms in total. The monoisotopic (exact) mass is 627 g/mol. The van der Waals surface area contributed by atoms with Crippen molar-refractivity contribution >= 4 is 45.0 Å². The highest BCUT2D eigenvalue weighted by Gasteiger charge is 2.25. The standard InChI is InChI=1S/C34H35F2N7O3/c35-34(36,11-4-5-13-43-14-16-45-17-15-43)12-10-31(44)42-30-20-27-29(21-37-30)38-23-39-33(27)40-26-8-9-28-25(18-26)19-32(41-28)46-22-24-6-2-1-3-7-24/h1-3,6-10,12,18-21,23,41H,4-5,11,13-17,22H2,(H,37,42,44)(H,38,39,40)/b12-10+. The molecule has 1 aliphatic heterocycles. The van der Waals surface area contributed by atoms with Crippen LogP contribution in [0.15, 0.2) is 85.3 Å². The van der Waals surface area contributed by atoms with Crippen LogP contribution in [0.3, 0.4) is 0 Å². The molecular formula is C34H35F2N7O3. The van der Waals surface area contributed by atoms with Gasteiger partial charge in [-0.2, -0.15) is 0 Å².